The van der Waals surface area contributed by atoms with Crippen LogP contribution < -0.4 is 14.4 Å². The van der Waals surface area contributed by atoms with Crippen molar-refractivity contribution in [3.63, 3.8) is 0 Å². The molecule has 0 saturated heterocycles. The number of hydrogen-bond acceptors (Lipinski definition) is 5. The molecule has 202 valence electrons. The first-order valence-corrected chi connectivity index (χ1v) is 14.3. The topological polar surface area (TPSA) is 96.0 Å². The number of likely N-dealkylation sites (N-methyl/N-ethyl adjacent to an activating group) is 1. The summed E-state index contributed by atoms with van der Waals surface area (Å²) in [7, 11) is -2.33. The van der Waals surface area contributed by atoms with E-state index in [0.717, 1.165) is 21.7 Å². The van der Waals surface area contributed by atoms with Gasteiger partial charge in [-0.2, -0.15) is 0 Å². The number of ether oxygens (including phenoxy) is 1. The number of benzene rings is 3. The van der Waals surface area contributed by atoms with Crippen LogP contribution in [0.25, 0.3) is 0 Å². The second kappa shape index (κ2) is 13.3. The molecular weight excluding hydrogens is 526 g/mol. The van der Waals surface area contributed by atoms with Gasteiger partial charge in [-0.25, -0.2) is 8.42 Å². The van der Waals surface area contributed by atoms with Gasteiger partial charge in [-0.3, -0.25) is 13.9 Å². The minimum absolute atomic E-state index is 0.0851. The van der Waals surface area contributed by atoms with E-state index in [4.69, 9.17) is 16.3 Å². The molecule has 38 heavy (non-hydrogen) atoms. The Balaban J connectivity index is 1.99. The van der Waals surface area contributed by atoms with E-state index < -0.39 is 28.5 Å². The summed E-state index contributed by atoms with van der Waals surface area (Å²) in [4.78, 5) is 28.4. The highest BCUT2D eigenvalue weighted by Gasteiger charge is 2.32. The lowest BCUT2D eigenvalue weighted by atomic mass is 10.0. The Morgan fingerprint density at radius 3 is 2.13 bits per heavy atom. The molecule has 1 atom stereocenters. The molecule has 0 heterocycles. The molecule has 0 spiro atoms. The lowest BCUT2D eigenvalue weighted by Crippen LogP contribution is -2.52. The maximum Gasteiger partial charge on any atom is 0.244 e. The molecule has 0 fully saturated rings. The highest BCUT2D eigenvalue weighted by Crippen LogP contribution is 2.23. The Kier molecular flexibility index (Phi) is 10.2. The summed E-state index contributed by atoms with van der Waals surface area (Å²) >= 11 is 6.04. The van der Waals surface area contributed by atoms with E-state index in [2.05, 4.69) is 5.32 Å². The highest BCUT2D eigenvalue weighted by molar-refractivity contribution is 7.92. The molecule has 1 N–H and O–H groups in total. The predicted octanol–water partition coefficient (Wildman–Crippen LogP) is 3.89. The summed E-state index contributed by atoms with van der Waals surface area (Å²) in [5.74, 6) is -0.296. The predicted molar refractivity (Wildman–Crippen MR) is 150 cm³/mol. The van der Waals surface area contributed by atoms with Crippen LogP contribution in [0.1, 0.15) is 18.1 Å². The molecule has 3 aromatic rings. The van der Waals surface area contributed by atoms with Gasteiger partial charge in [0.1, 0.15) is 18.3 Å². The quantitative estimate of drug-likeness (QED) is 0.364. The van der Waals surface area contributed by atoms with Crippen LogP contribution in [0.2, 0.25) is 5.02 Å². The maximum absolute atomic E-state index is 13.9. The van der Waals surface area contributed by atoms with Crippen LogP contribution in [-0.2, 0) is 32.6 Å². The molecule has 0 aliphatic heterocycles. The van der Waals surface area contributed by atoms with Crippen molar-refractivity contribution in [2.75, 3.05) is 30.8 Å². The van der Waals surface area contributed by atoms with E-state index in [1.165, 1.54) is 11.9 Å². The molecule has 2 amide bonds. The fourth-order valence-corrected chi connectivity index (χ4v) is 4.97. The maximum atomic E-state index is 13.9. The van der Waals surface area contributed by atoms with Gasteiger partial charge in [-0.1, -0.05) is 54.1 Å². The number of nitrogens with zero attached hydrogens (tertiary/aromatic N) is 2. The standard InChI is InChI=1S/C28H32ClN3O5S/c1-4-37-25-16-14-24(15-17-25)32(38(3,35)36)20-27(33)31(19-22-10-12-23(29)13-11-22)26(28(34)30-2)18-21-8-6-5-7-9-21/h5-17,26H,4,18-20H2,1-3H3,(H,30,34)/t26-/m1/s1. The number of carbonyl (C=O) groups is 2. The summed E-state index contributed by atoms with van der Waals surface area (Å²) < 4.78 is 32.0. The van der Waals surface area contributed by atoms with E-state index in [1.54, 1.807) is 48.5 Å². The first-order valence-electron chi connectivity index (χ1n) is 12.1. The van der Waals surface area contributed by atoms with Crippen molar-refractivity contribution in [2.24, 2.45) is 0 Å². The molecule has 10 heteroatoms. The number of halogens is 1. The van der Waals surface area contributed by atoms with Gasteiger partial charge in [0, 0.05) is 25.0 Å². The van der Waals surface area contributed by atoms with Crippen LogP contribution in [0.4, 0.5) is 5.69 Å². The Hall–Kier alpha value is -3.56. The summed E-state index contributed by atoms with van der Waals surface area (Å²) in [6, 6.07) is 21.9. The number of amides is 2. The third-order valence-electron chi connectivity index (χ3n) is 5.90. The lowest BCUT2D eigenvalue weighted by molar-refractivity contribution is -0.139. The Morgan fingerprint density at radius 2 is 1.58 bits per heavy atom. The van der Waals surface area contributed by atoms with Crippen LogP contribution in [0.5, 0.6) is 5.75 Å². The number of rotatable bonds is 12. The normalized spacial score (nSPS) is 11.9. The summed E-state index contributed by atoms with van der Waals surface area (Å²) in [6.45, 7) is 1.92. The van der Waals surface area contributed by atoms with Crippen molar-refractivity contribution >= 4 is 39.1 Å². The van der Waals surface area contributed by atoms with Crippen molar-refractivity contribution in [1.29, 1.82) is 0 Å². The summed E-state index contributed by atoms with van der Waals surface area (Å²) in [6.07, 6.45) is 1.29. The average Bonchev–Trinajstić information content (AvgIpc) is 2.90. The number of carbonyl (C=O) groups excluding carboxylic acids is 2. The van der Waals surface area contributed by atoms with E-state index >= 15 is 0 Å². The molecule has 0 saturated carbocycles. The molecular formula is C28H32ClN3O5S. The first-order chi connectivity index (χ1) is 18.1. The van der Waals surface area contributed by atoms with Crippen molar-refractivity contribution in [3.8, 4) is 5.75 Å². The van der Waals surface area contributed by atoms with Gasteiger partial charge in [0.25, 0.3) is 0 Å². The molecule has 3 aromatic carbocycles. The van der Waals surface area contributed by atoms with Gasteiger partial charge < -0.3 is 15.0 Å². The molecule has 0 aliphatic carbocycles. The van der Waals surface area contributed by atoms with Crippen molar-refractivity contribution in [1.82, 2.24) is 10.2 Å². The Morgan fingerprint density at radius 1 is 0.947 bits per heavy atom. The average molecular weight is 558 g/mol. The summed E-state index contributed by atoms with van der Waals surface area (Å²) in [5, 5.41) is 3.19. The van der Waals surface area contributed by atoms with E-state index in [1.807, 2.05) is 37.3 Å². The molecule has 0 unspecified atom stereocenters. The second-order valence-corrected chi connectivity index (χ2v) is 11.0. The zero-order chi connectivity index (χ0) is 27.7. The number of nitrogens with one attached hydrogen (secondary N) is 1. The van der Waals surface area contributed by atoms with E-state index in [9.17, 15) is 18.0 Å². The van der Waals surface area contributed by atoms with Crippen LogP contribution in [-0.4, -0.2) is 57.6 Å². The van der Waals surface area contributed by atoms with Crippen LogP contribution in [0.15, 0.2) is 78.9 Å². The van der Waals surface area contributed by atoms with Crippen molar-refractivity contribution < 1.29 is 22.7 Å². The molecule has 0 radical (unpaired) electrons. The van der Waals surface area contributed by atoms with Crippen molar-refractivity contribution in [2.45, 2.75) is 25.9 Å². The van der Waals surface area contributed by atoms with E-state index in [0.29, 0.717) is 23.1 Å². The third kappa shape index (κ3) is 7.97. The van der Waals surface area contributed by atoms with Crippen LogP contribution in [0.3, 0.4) is 0 Å². The number of sulfonamides is 1. The van der Waals surface area contributed by atoms with Gasteiger partial charge in [0.2, 0.25) is 21.8 Å². The zero-order valence-electron chi connectivity index (χ0n) is 21.6. The number of anilines is 1. The highest BCUT2D eigenvalue weighted by atomic mass is 35.5. The Labute approximate surface area is 229 Å². The zero-order valence-corrected chi connectivity index (χ0v) is 23.2. The third-order valence-corrected chi connectivity index (χ3v) is 7.29. The molecule has 0 aromatic heterocycles. The second-order valence-electron chi connectivity index (χ2n) is 8.66. The molecule has 0 aliphatic rings. The van der Waals surface area contributed by atoms with E-state index in [-0.39, 0.29) is 18.9 Å². The SMILES string of the molecule is CCOc1ccc(N(CC(=O)N(Cc2ccc(Cl)cc2)[C@H](Cc2ccccc2)C(=O)NC)S(C)(=O)=O)cc1. The first kappa shape index (κ1) is 29.0. The van der Waals surface area contributed by atoms with Crippen LogP contribution in [0, 0.1) is 0 Å². The lowest BCUT2D eigenvalue weighted by Gasteiger charge is -2.33. The van der Waals surface area contributed by atoms with Gasteiger partial charge in [-0.05, 0) is 54.4 Å². The monoisotopic (exact) mass is 557 g/mol. The van der Waals surface area contributed by atoms with Gasteiger partial charge in [0.15, 0.2) is 0 Å². The molecule has 8 nitrogen and oxygen atoms in total. The van der Waals surface area contributed by atoms with Crippen LogP contribution >= 0.6 is 11.6 Å². The van der Waals surface area contributed by atoms with Crippen molar-refractivity contribution in [3.05, 3.63) is 95.0 Å². The minimum Gasteiger partial charge on any atom is -0.494 e. The molecule has 3 rings (SSSR count). The van der Waals surface area contributed by atoms with Gasteiger partial charge >= 0.3 is 0 Å². The molecule has 0 bridgehead atoms. The minimum atomic E-state index is -3.83. The fraction of sp³-hybridized carbons (Fsp3) is 0.286. The van der Waals surface area contributed by atoms with Gasteiger partial charge in [-0.15, -0.1) is 0 Å². The largest absolute Gasteiger partial charge is 0.494 e. The van der Waals surface area contributed by atoms with Gasteiger partial charge in [0.05, 0.1) is 18.6 Å². The smallest absolute Gasteiger partial charge is 0.244 e. The fourth-order valence-electron chi connectivity index (χ4n) is 4.00. The Bertz CT molecular complexity index is 1320. The summed E-state index contributed by atoms with van der Waals surface area (Å²) in [5.41, 5.74) is 1.92. The number of hydrogen-bond donors (Lipinski definition) is 1.